The monoisotopic (exact) mass is 334 g/mol. The van der Waals surface area contributed by atoms with Crippen molar-refractivity contribution in [3.05, 3.63) is 29.6 Å². The van der Waals surface area contributed by atoms with Gasteiger partial charge in [-0.1, -0.05) is 0 Å². The topological polar surface area (TPSA) is 82.6 Å². The molecule has 0 saturated carbocycles. The number of ether oxygens (including phenoxy) is 1. The van der Waals surface area contributed by atoms with Crippen LogP contribution in [-0.2, 0) is 4.79 Å². The van der Waals surface area contributed by atoms with Crippen molar-refractivity contribution in [2.45, 2.75) is 19.4 Å². The molecule has 0 radical (unpaired) electrons. The third-order valence-electron chi connectivity index (χ3n) is 4.02. The molecular weight excluding hydrogens is 311 g/mol. The predicted molar refractivity (Wildman–Crippen MR) is 87.9 cm³/mol. The molecule has 1 atom stereocenters. The van der Waals surface area contributed by atoms with Gasteiger partial charge in [0, 0.05) is 38.8 Å². The van der Waals surface area contributed by atoms with Crippen molar-refractivity contribution >= 4 is 5.91 Å². The second-order valence-corrected chi connectivity index (χ2v) is 5.91. The van der Waals surface area contributed by atoms with E-state index in [1.165, 1.54) is 12.1 Å². The molecule has 1 aromatic carbocycles. The molecule has 7 heteroatoms. The second kappa shape index (κ2) is 8.62. The van der Waals surface area contributed by atoms with Gasteiger partial charge in [-0.25, -0.2) is 4.39 Å². The Morgan fingerprint density at radius 2 is 2.12 bits per heavy atom. The van der Waals surface area contributed by atoms with Gasteiger partial charge in [0.25, 0.3) is 0 Å². The maximum atomic E-state index is 13.5. The normalized spacial score (nSPS) is 16.5. The fraction of sp³-hybridized carbons (Fsp3) is 0.529. The molecule has 0 aromatic heterocycles. The molecule has 1 aliphatic heterocycles. The minimum Gasteiger partial charge on any atom is -0.493 e. The summed E-state index contributed by atoms with van der Waals surface area (Å²) in [5.74, 6) is -0.135. The van der Waals surface area contributed by atoms with Crippen LogP contribution in [-0.4, -0.2) is 61.1 Å². The summed E-state index contributed by atoms with van der Waals surface area (Å²) in [5, 5.41) is 8.68. The molecule has 0 bridgehead atoms. The maximum absolute atomic E-state index is 13.5. The molecule has 1 heterocycles. The van der Waals surface area contributed by atoms with E-state index < -0.39 is 11.9 Å². The number of piperazine rings is 1. The summed E-state index contributed by atoms with van der Waals surface area (Å²) in [6.07, 6.45) is 0.808. The van der Waals surface area contributed by atoms with Crippen LogP contribution in [0.2, 0.25) is 0 Å². The predicted octanol–water partition coefficient (Wildman–Crippen LogP) is 0.958. The van der Waals surface area contributed by atoms with Crippen LogP contribution in [0.15, 0.2) is 18.2 Å². The van der Waals surface area contributed by atoms with Crippen LogP contribution in [0.3, 0.4) is 0 Å². The first-order chi connectivity index (χ1) is 11.5. The molecule has 6 nitrogen and oxygen atoms in total. The van der Waals surface area contributed by atoms with Gasteiger partial charge < -0.3 is 15.4 Å². The average molecular weight is 334 g/mol. The Bertz CT molecular complexity index is 607. The quantitative estimate of drug-likeness (QED) is 0.784. The molecule has 0 spiro atoms. The summed E-state index contributed by atoms with van der Waals surface area (Å²) in [4.78, 5) is 15.9. The largest absolute Gasteiger partial charge is 0.493 e. The molecule has 1 fully saturated rings. The van der Waals surface area contributed by atoms with Gasteiger partial charge in [-0.3, -0.25) is 9.69 Å². The van der Waals surface area contributed by atoms with E-state index in [1.54, 1.807) is 24.0 Å². The molecular formula is C17H23FN4O2. The molecule has 1 saturated heterocycles. The smallest absolute Gasteiger partial charge is 0.239 e. The lowest BCUT2D eigenvalue weighted by molar-refractivity contribution is -0.133. The van der Waals surface area contributed by atoms with Gasteiger partial charge in [-0.05, 0) is 25.5 Å². The van der Waals surface area contributed by atoms with Crippen molar-refractivity contribution in [1.29, 1.82) is 5.26 Å². The number of hydrogen-bond donors (Lipinski definition) is 1. The minimum atomic E-state index is -0.565. The number of rotatable bonds is 6. The number of halogens is 1. The average Bonchev–Trinajstić information content (AvgIpc) is 2.58. The van der Waals surface area contributed by atoms with E-state index in [-0.39, 0.29) is 11.5 Å². The van der Waals surface area contributed by atoms with E-state index in [9.17, 15) is 9.18 Å². The van der Waals surface area contributed by atoms with E-state index in [2.05, 4.69) is 4.90 Å². The van der Waals surface area contributed by atoms with E-state index in [0.717, 1.165) is 26.1 Å². The third kappa shape index (κ3) is 4.91. The van der Waals surface area contributed by atoms with Crippen molar-refractivity contribution in [1.82, 2.24) is 9.80 Å². The van der Waals surface area contributed by atoms with Crippen molar-refractivity contribution in [2.24, 2.45) is 5.73 Å². The Morgan fingerprint density at radius 3 is 2.71 bits per heavy atom. The number of carbonyl (C=O) groups excluding carboxylic acids is 1. The van der Waals surface area contributed by atoms with Crippen LogP contribution in [0.5, 0.6) is 5.75 Å². The fourth-order valence-electron chi connectivity index (χ4n) is 2.63. The summed E-state index contributed by atoms with van der Waals surface area (Å²) >= 11 is 0. The zero-order valence-electron chi connectivity index (χ0n) is 13.9. The lowest BCUT2D eigenvalue weighted by Crippen LogP contribution is -2.52. The number of carbonyl (C=O) groups is 1. The van der Waals surface area contributed by atoms with Crippen LogP contribution in [0.1, 0.15) is 18.9 Å². The fourth-order valence-corrected chi connectivity index (χ4v) is 2.63. The SMILES string of the molecule is C[C@@H](N)C(=O)N1CCN(CCCOc2ccc(C#N)c(F)c2)CC1. The van der Waals surface area contributed by atoms with Crippen LogP contribution in [0.25, 0.3) is 0 Å². The first-order valence-corrected chi connectivity index (χ1v) is 8.10. The van der Waals surface area contributed by atoms with E-state index >= 15 is 0 Å². The Hall–Kier alpha value is -2.17. The van der Waals surface area contributed by atoms with Crippen molar-refractivity contribution in [3.8, 4) is 11.8 Å². The number of hydrogen-bond acceptors (Lipinski definition) is 5. The number of amides is 1. The molecule has 0 aliphatic carbocycles. The summed E-state index contributed by atoms with van der Waals surface area (Å²) in [6.45, 7) is 6.08. The van der Waals surface area contributed by atoms with Gasteiger partial charge in [-0.15, -0.1) is 0 Å². The van der Waals surface area contributed by atoms with Crippen LogP contribution in [0.4, 0.5) is 4.39 Å². The summed E-state index contributed by atoms with van der Waals surface area (Å²) in [5.41, 5.74) is 5.63. The van der Waals surface area contributed by atoms with E-state index in [1.807, 2.05) is 0 Å². The molecule has 1 aliphatic rings. The zero-order valence-corrected chi connectivity index (χ0v) is 13.9. The number of nitrogens with two attached hydrogens (primary N) is 1. The number of benzene rings is 1. The van der Waals surface area contributed by atoms with Gasteiger partial charge in [0.2, 0.25) is 5.91 Å². The van der Waals surface area contributed by atoms with Crippen LogP contribution >= 0.6 is 0 Å². The molecule has 130 valence electrons. The van der Waals surface area contributed by atoms with Crippen LogP contribution in [0, 0.1) is 17.1 Å². The van der Waals surface area contributed by atoms with Crippen molar-refractivity contribution < 1.29 is 13.9 Å². The van der Waals surface area contributed by atoms with Gasteiger partial charge >= 0.3 is 0 Å². The number of nitrogens with zero attached hydrogens (tertiary/aromatic N) is 3. The van der Waals surface area contributed by atoms with Crippen LogP contribution < -0.4 is 10.5 Å². The lowest BCUT2D eigenvalue weighted by atomic mass is 10.2. The Kier molecular flexibility index (Phi) is 6.53. The third-order valence-corrected chi connectivity index (χ3v) is 4.02. The van der Waals surface area contributed by atoms with Gasteiger partial charge in [0.05, 0.1) is 18.2 Å². The first-order valence-electron chi connectivity index (χ1n) is 8.10. The maximum Gasteiger partial charge on any atom is 0.239 e. The highest BCUT2D eigenvalue weighted by Crippen LogP contribution is 2.16. The molecule has 24 heavy (non-hydrogen) atoms. The first kappa shape index (κ1) is 18.2. The summed E-state index contributed by atoms with van der Waals surface area (Å²) in [6, 6.07) is 5.58. The van der Waals surface area contributed by atoms with Crippen molar-refractivity contribution in [2.75, 3.05) is 39.3 Å². The Balaban J connectivity index is 1.66. The zero-order chi connectivity index (χ0) is 17.5. The molecule has 0 unspecified atom stereocenters. The minimum absolute atomic E-state index is 0.000765. The Morgan fingerprint density at radius 1 is 1.42 bits per heavy atom. The Labute approximate surface area is 141 Å². The van der Waals surface area contributed by atoms with Gasteiger partial charge in [0.15, 0.2) is 0 Å². The van der Waals surface area contributed by atoms with Gasteiger partial charge in [-0.2, -0.15) is 5.26 Å². The summed E-state index contributed by atoms with van der Waals surface area (Å²) < 4.78 is 19.0. The molecule has 1 aromatic rings. The second-order valence-electron chi connectivity index (χ2n) is 5.91. The summed E-state index contributed by atoms with van der Waals surface area (Å²) in [7, 11) is 0. The van der Waals surface area contributed by atoms with E-state index in [4.69, 9.17) is 15.7 Å². The molecule has 1 amide bonds. The molecule has 2 N–H and O–H groups in total. The highest BCUT2D eigenvalue weighted by molar-refractivity contribution is 5.81. The highest BCUT2D eigenvalue weighted by Gasteiger charge is 2.22. The highest BCUT2D eigenvalue weighted by atomic mass is 19.1. The number of nitriles is 1. The standard InChI is InChI=1S/C17H23FN4O2/c1-13(20)17(23)22-8-6-21(7-9-22)5-2-10-24-15-4-3-14(12-19)16(18)11-15/h3-4,11,13H,2,5-10,20H2,1H3/t13-/m1/s1. The van der Waals surface area contributed by atoms with E-state index in [0.29, 0.717) is 25.4 Å². The molecule has 2 rings (SSSR count). The van der Waals surface area contributed by atoms with Crippen molar-refractivity contribution in [3.63, 3.8) is 0 Å². The van der Waals surface area contributed by atoms with Gasteiger partial charge in [0.1, 0.15) is 17.6 Å². The lowest BCUT2D eigenvalue weighted by Gasteiger charge is -2.35.